The first kappa shape index (κ1) is 30.9. The summed E-state index contributed by atoms with van der Waals surface area (Å²) in [6, 6.07) is -0.785. The molecule has 12 atom stereocenters. The Labute approximate surface area is 243 Å². The van der Waals surface area contributed by atoms with Crippen LogP contribution in [0.2, 0.25) is 0 Å². The van der Waals surface area contributed by atoms with E-state index in [1.807, 2.05) is 12.2 Å². The number of nitrogens with one attached hydrogen (secondary N) is 1. The van der Waals surface area contributed by atoms with Gasteiger partial charge < -0.3 is 20.3 Å². The van der Waals surface area contributed by atoms with Gasteiger partial charge >= 0.3 is 18.1 Å². The van der Waals surface area contributed by atoms with Crippen LogP contribution in [0.3, 0.4) is 0 Å². The summed E-state index contributed by atoms with van der Waals surface area (Å²) in [5.74, 6) is -2.19. The number of hydrogen-bond acceptors (Lipinski definition) is 7. The van der Waals surface area contributed by atoms with E-state index >= 15 is 0 Å². The van der Waals surface area contributed by atoms with Crippen LogP contribution in [-0.2, 0) is 19.1 Å². The molecule has 11 heteroatoms. The van der Waals surface area contributed by atoms with Gasteiger partial charge in [-0.05, 0) is 61.7 Å². The third-order valence-electron chi connectivity index (χ3n) is 12.1. The molecular formula is C30H42F3NO6S. The number of Topliss-reactive ketones (excluding diaryl/α,β-unsaturated/α-hetero) is 1. The molecule has 0 aromatic rings. The molecule has 5 rings (SSSR count). The summed E-state index contributed by atoms with van der Waals surface area (Å²) in [5, 5.41) is 23.7. The molecule has 1 amide bonds. The van der Waals surface area contributed by atoms with Gasteiger partial charge in [-0.3, -0.25) is 14.4 Å². The number of thioether (sulfide) groups is 1. The number of aliphatic hydroxyl groups is 2. The van der Waals surface area contributed by atoms with Gasteiger partial charge in [0, 0.05) is 34.0 Å². The fraction of sp³-hybridized carbons (Fsp3) is 0.833. The number of aliphatic hydroxyl groups excluding tert-OH is 2. The summed E-state index contributed by atoms with van der Waals surface area (Å²) >= 11 is 1.21. The van der Waals surface area contributed by atoms with E-state index in [4.69, 9.17) is 4.74 Å². The highest BCUT2D eigenvalue weighted by Crippen LogP contribution is 2.91. The van der Waals surface area contributed by atoms with Crippen LogP contribution >= 0.6 is 11.8 Å². The van der Waals surface area contributed by atoms with Crippen molar-refractivity contribution in [1.82, 2.24) is 5.32 Å². The van der Waals surface area contributed by atoms with Crippen molar-refractivity contribution in [3.05, 3.63) is 12.7 Å². The lowest BCUT2D eigenvalue weighted by atomic mass is 9.57. The molecule has 0 aromatic heterocycles. The van der Waals surface area contributed by atoms with E-state index in [0.717, 1.165) is 12.8 Å². The number of esters is 1. The smallest absolute Gasteiger partial charge is 0.461 e. The third kappa shape index (κ3) is 4.33. The molecule has 0 bridgehead atoms. The van der Waals surface area contributed by atoms with E-state index in [1.165, 1.54) is 11.8 Å². The Morgan fingerprint density at radius 3 is 2.49 bits per heavy atom. The van der Waals surface area contributed by atoms with Crippen molar-refractivity contribution in [3.63, 3.8) is 0 Å². The maximum Gasteiger partial charge on any atom is 0.471 e. The molecule has 2 spiro atoms. The minimum absolute atomic E-state index is 0.0274. The average molecular weight is 602 g/mol. The highest BCUT2D eigenvalue weighted by Gasteiger charge is 2.92. The van der Waals surface area contributed by atoms with E-state index in [1.54, 1.807) is 6.08 Å². The van der Waals surface area contributed by atoms with Crippen LogP contribution in [0, 0.1) is 39.4 Å². The van der Waals surface area contributed by atoms with Gasteiger partial charge in [-0.1, -0.05) is 33.8 Å². The second-order valence-corrected chi connectivity index (χ2v) is 15.1. The average Bonchev–Trinajstić information content (AvgIpc) is 3.27. The zero-order valence-electron chi connectivity index (χ0n) is 24.1. The number of rotatable bonds is 6. The minimum Gasteiger partial charge on any atom is -0.461 e. The van der Waals surface area contributed by atoms with Gasteiger partial charge in [-0.2, -0.15) is 13.2 Å². The SMILES string of the molecule is C=C[C@]1(C)C[C@@H](OC(=O)CS[C@@H]2CC[C@@H](NC(=O)C(F)(F)F)C[C@H]2O)[C@]2(C)[C@@H](C)CC34C(=O)CC[C@@]3([C@@H](C)[C@@H]1O)[C@@H]42. The molecule has 230 valence electrons. The number of halogens is 3. The third-order valence-corrected chi connectivity index (χ3v) is 13.5. The van der Waals surface area contributed by atoms with E-state index in [-0.39, 0.29) is 52.8 Å². The zero-order chi connectivity index (χ0) is 30.3. The fourth-order valence-electron chi connectivity index (χ4n) is 9.90. The van der Waals surface area contributed by atoms with Crippen molar-refractivity contribution in [3.8, 4) is 0 Å². The lowest BCUT2D eigenvalue weighted by Gasteiger charge is -2.51. The van der Waals surface area contributed by atoms with Crippen molar-refractivity contribution in [2.24, 2.45) is 39.4 Å². The van der Waals surface area contributed by atoms with E-state index in [2.05, 4.69) is 27.4 Å². The number of hydrogen-bond donors (Lipinski definition) is 3. The van der Waals surface area contributed by atoms with E-state index in [9.17, 15) is 37.8 Å². The normalized spacial score (nSPS) is 48.9. The molecule has 0 aromatic carbocycles. The zero-order valence-corrected chi connectivity index (χ0v) is 24.9. The molecule has 3 N–H and O–H groups in total. The number of carbonyl (C=O) groups excluding carboxylic acids is 3. The largest absolute Gasteiger partial charge is 0.471 e. The highest BCUT2D eigenvalue weighted by atomic mass is 32.2. The second kappa shape index (κ2) is 9.97. The molecule has 41 heavy (non-hydrogen) atoms. The Kier molecular flexibility index (Phi) is 7.51. The van der Waals surface area contributed by atoms with Crippen molar-refractivity contribution in [1.29, 1.82) is 0 Å². The van der Waals surface area contributed by atoms with Crippen LogP contribution in [0.4, 0.5) is 13.2 Å². The van der Waals surface area contributed by atoms with Crippen LogP contribution in [0.15, 0.2) is 12.7 Å². The van der Waals surface area contributed by atoms with Crippen LogP contribution in [0.5, 0.6) is 0 Å². The molecular weight excluding hydrogens is 559 g/mol. The number of ketones is 1. The summed E-state index contributed by atoms with van der Waals surface area (Å²) in [4.78, 5) is 38.0. The van der Waals surface area contributed by atoms with Crippen molar-refractivity contribution < 1.29 is 42.5 Å². The molecule has 0 aliphatic heterocycles. The first-order valence-electron chi connectivity index (χ1n) is 14.7. The van der Waals surface area contributed by atoms with Gasteiger partial charge in [0.25, 0.3) is 0 Å². The van der Waals surface area contributed by atoms with E-state index < -0.39 is 58.7 Å². The van der Waals surface area contributed by atoms with Crippen molar-refractivity contribution in [2.45, 2.75) is 108 Å². The summed E-state index contributed by atoms with van der Waals surface area (Å²) < 4.78 is 44.0. The van der Waals surface area contributed by atoms with Gasteiger partial charge in [-0.25, -0.2) is 0 Å². The van der Waals surface area contributed by atoms with Crippen LogP contribution in [0.1, 0.15) is 72.6 Å². The fourth-order valence-corrected chi connectivity index (χ4v) is 11.0. The minimum atomic E-state index is -4.98. The number of alkyl halides is 3. The summed E-state index contributed by atoms with van der Waals surface area (Å²) in [6.07, 6.45) is -2.55. The molecule has 5 fully saturated rings. The Morgan fingerprint density at radius 2 is 1.88 bits per heavy atom. The Morgan fingerprint density at radius 1 is 1.20 bits per heavy atom. The first-order chi connectivity index (χ1) is 19.0. The van der Waals surface area contributed by atoms with Crippen LogP contribution in [0.25, 0.3) is 0 Å². The summed E-state index contributed by atoms with van der Waals surface area (Å²) in [5.41, 5.74) is -1.97. The topological polar surface area (TPSA) is 113 Å². The molecule has 0 saturated heterocycles. The maximum atomic E-state index is 13.4. The molecule has 1 unspecified atom stereocenters. The van der Waals surface area contributed by atoms with Gasteiger partial charge in [0.2, 0.25) is 0 Å². The number of ether oxygens (including phenoxy) is 1. The summed E-state index contributed by atoms with van der Waals surface area (Å²) in [6.45, 7) is 12.3. The maximum absolute atomic E-state index is 13.4. The Balaban J connectivity index is 1.29. The monoisotopic (exact) mass is 601 g/mol. The Hall–Kier alpha value is -1.59. The predicted molar refractivity (Wildman–Crippen MR) is 147 cm³/mol. The van der Waals surface area contributed by atoms with Crippen LogP contribution in [-0.4, -0.2) is 69.4 Å². The molecule has 7 nitrogen and oxygen atoms in total. The highest BCUT2D eigenvalue weighted by molar-refractivity contribution is 8.00. The Bertz CT molecular complexity index is 1130. The lowest BCUT2D eigenvalue weighted by molar-refractivity contribution is -0.174. The summed E-state index contributed by atoms with van der Waals surface area (Å²) in [7, 11) is 0. The molecule has 5 saturated carbocycles. The molecule has 5 aliphatic rings. The number of amides is 1. The van der Waals surface area contributed by atoms with Gasteiger partial charge in [-0.15, -0.1) is 18.3 Å². The van der Waals surface area contributed by atoms with Crippen molar-refractivity contribution in [2.75, 3.05) is 5.75 Å². The van der Waals surface area contributed by atoms with Gasteiger partial charge in [0.15, 0.2) is 0 Å². The predicted octanol–water partition coefficient (Wildman–Crippen LogP) is 4.20. The quantitative estimate of drug-likeness (QED) is 0.309. The second-order valence-electron chi connectivity index (χ2n) is 13.9. The lowest BCUT2D eigenvalue weighted by Crippen LogP contribution is -2.53. The van der Waals surface area contributed by atoms with Gasteiger partial charge in [0.1, 0.15) is 11.9 Å². The van der Waals surface area contributed by atoms with E-state index in [0.29, 0.717) is 19.3 Å². The van der Waals surface area contributed by atoms with Crippen molar-refractivity contribution >= 4 is 29.4 Å². The molecule has 0 radical (unpaired) electrons. The first-order valence-corrected chi connectivity index (χ1v) is 15.8. The molecule has 5 aliphatic carbocycles. The number of carbonyl (C=O) groups is 3. The standard InChI is InChI=1S/C30H42F3NO6S/c1-6-26(4)13-21(27(5)15(2)12-29-20(36)9-10-28(29,24(27)29)16(3)23(26)38)40-22(37)14-41-19-8-7-17(11-18(19)35)34-25(39)30(31,32)33/h6,15-19,21,23-24,35,38H,1,7-14H2,2-5H3,(H,34,39)/t15-,16-,17+,18+,19+,21+,23-,24-,26+,27-,28+,29?/m0/s1. The van der Waals surface area contributed by atoms with Crippen LogP contribution < -0.4 is 5.32 Å². The van der Waals surface area contributed by atoms with Gasteiger partial charge in [0.05, 0.1) is 18.0 Å². The molecule has 0 heterocycles.